The molecule has 2 N–H and O–H groups in total. The Hall–Kier alpha value is -0.960. The summed E-state index contributed by atoms with van der Waals surface area (Å²) in [6.07, 6.45) is 1.33. The third-order valence-corrected chi connectivity index (χ3v) is 5.19. The number of benzene rings is 1. The van der Waals surface area contributed by atoms with Crippen LogP contribution in [-0.2, 0) is 16.6 Å². The highest BCUT2D eigenvalue weighted by molar-refractivity contribution is 9.11. The highest BCUT2D eigenvalue weighted by atomic mass is 79.9. The Kier molecular flexibility index (Phi) is 5.03. The first-order chi connectivity index (χ1) is 9.83. The average Bonchev–Trinajstić information content (AvgIpc) is 2.43. The Morgan fingerprint density at radius 1 is 1.24 bits per heavy atom. The van der Waals surface area contributed by atoms with E-state index in [1.54, 1.807) is 0 Å². The van der Waals surface area contributed by atoms with E-state index in [0.717, 1.165) is 5.56 Å². The van der Waals surface area contributed by atoms with Crippen molar-refractivity contribution < 1.29 is 13.5 Å². The van der Waals surface area contributed by atoms with Gasteiger partial charge in [-0.25, -0.2) is 4.98 Å². The van der Waals surface area contributed by atoms with Crippen LogP contribution in [0.3, 0.4) is 0 Å². The maximum absolute atomic E-state index is 12.3. The van der Waals surface area contributed by atoms with Crippen LogP contribution in [0.25, 0.3) is 0 Å². The minimum atomic E-state index is -3.80. The first kappa shape index (κ1) is 16.4. The first-order valence-electron chi connectivity index (χ1n) is 5.88. The number of aryl methyl sites for hydroxylation is 1. The molecule has 0 aliphatic rings. The highest BCUT2D eigenvalue weighted by Crippen LogP contribution is 2.33. The summed E-state index contributed by atoms with van der Waals surface area (Å²) >= 11 is 6.67. The molecule has 1 heterocycles. The summed E-state index contributed by atoms with van der Waals surface area (Å²) in [6, 6.07) is 6.49. The topological polar surface area (TPSA) is 79.3 Å². The number of rotatable bonds is 4. The Balaban J connectivity index is 2.37. The zero-order valence-corrected chi connectivity index (χ0v) is 15.0. The summed E-state index contributed by atoms with van der Waals surface area (Å²) in [6.45, 7) is 1.72. The molecule has 1 aromatic heterocycles. The molecule has 8 heteroatoms. The standard InChI is InChI=1S/C13H12Br2N2O3S/c1-8-4-10(14)13(11(15)5-8)17-21(19,20)12-3-2-9(7-18)6-16-12/h2-6,17-18H,7H2,1H3. The molecule has 2 rings (SSSR count). The number of aromatic nitrogens is 1. The number of nitrogens with one attached hydrogen (secondary N) is 1. The second-order valence-electron chi connectivity index (χ2n) is 4.37. The van der Waals surface area contributed by atoms with Crippen molar-refractivity contribution in [2.45, 2.75) is 18.6 Å². The first-order valence-corrected chi connectivity index (χ1v) is 8.94. The van der Waals surface area contributed by atoms with Crippen LogP contribution in [-0.4, -0.2) is 18.5 Å². The lowest BCUT2D eigenvalue weighted by Crippen LogP contribution is -2.15. The normalized spacial score (nSPS) is 11.4. The van der Waals surface area contributed by atoms with Gasteiger partial charge in [0, 0.05) is 15.1 Å². The van der Waals surface area contributed by atoms with E-state index in [9.17, 15) is 8.42 Å². The Bertz CT molecular complexity index is 738. The van der Waals surface area contributed by atoms with E-state index in [4.69, 9.17) is 5.11 Å². The molecule has 2 aromatic rings. The smallest absolute Gasteiger partial charge is 0.279 e. The van der Waals surface area contributed by atoms with Gasteiger partial charge in [0.15, 0.2) is 5.03 Å². The number of sulfonamides is 1. The lowest BCUT2D eigenvalue weighted by atomic mass is 10.2. The van der Waals surface area contributed by atoms with Crippen molar-refractivity contribution in [3.05, 3.63) is 50.5 Å². The molecule has 112 valence electrons. The number of anilines is 1. The van der Waals surface area contributed by atoms with Crippen LogP contribution < -0.4 is 4.72 Å². The highest BCUT2D eigenvalue weighted by Gasteiger charge is 2.19. The van der Waals surface area contributed by atoms with Gasteiger partial charge in [-0.3, -0.25) is 4.72 Å². The summed E-state index contributed by atoms with van der Waals surface area (Å²) in [7, 11) is -3.80. The Morgan fingerprint density at radius 2 is 1.86 bits per heavy atom. The van der Waals surface area contributed by atoms with Gasteiger partial charge in [-0.15, -0.1) is 0 Å². The molecular weight excluding hydrogens is 424 g/mol. The van der Waals surface area contributed by atoms with E-state index in [-0.39, 0.29) is 11.6 Å². The maximum atomic E-state index is 12.3. The number of hydrogen-bond acceptors (Lipinski definition) is 4. The SMILES string of the molecule is Cc1cc(Br)c(NS(=O)(=O)c2ccc(CO)cn2)c(Br)c1. The summed E-state index contributed by atoms with van der Waals surface area (Å²) < 4.78 is 28.4. The summed E-state index contributed by atoms with van der Waals surface area (Å²) in [5.41, 5.74) is 1.95. The molecule has 0 fully saturated rings. The molecule has 0 aliphatic carbocycles. The van der Waals surface area contributed by atoms with E-state index in [1.165, 1.54) is 18.3 Å². The molecule has 0 saturated heterocycles. The van der Waals surface area contributed by atoms with Crippen molar-refractivity contribution in [2.75, 3.05) is 4.72 Å². The molecular formula is C13H12Br2N2O3S. The van der Waals surface area contributed by atoms with Crippen molar-refractivity contribution >= 4 is 47.6 Å². The fraction of sp³-hybridized carbons (Fsp3) is 0.154. The zero-order valence-electron chi connectivity index (χ0n) is 11.0. The second kappa shape index (κ2) is 6.43. The Morgan fingerprint density at radius 3 is 2.33 bits per heavy atom. The van der Waals surface area contributed by atoms with E-state index < -0.39 is 10.0 Å². The molecule has 0 amide bonds. The monoisotopic (exact) mass is 434 g/mol. The van der Waals surface area contributed by atoms with E-state index >= 15 is 0 Å². The quantitative estimate of drug-likeness (QED) is 0.772. The van der Waals surface area contributed by atoms with E-state index in [2.05, 4.69) is 41.6 Å². The predicted molar refractivity (Wildman–Crippen MR) is 87.5 cm³/mol. The Labute approximate surface area is 139 Å². The van der Waals surface area contributed by atoms with Gasteiger partial charge in [-0.1, -0.05) is 6.07 Å². The van der Waals surface area contributed by atoms with Crippen LogP contribution in [0.4, 0.5) is 5.69 Å². The lowest BCUT2D eigenvalue weighted by Gasteiger charge is -2.12. The molecule has 0 unspecified atom stereocenters. The van der Waals surface area contributed by atoms with Crippen molar-refractivity contribution in [2.24, 2.45) is 0 Å². The minimum absolute atomic E-state index is 0.112. The zero-order chi connectivity index (χ0) is 15.6. The molecule has 0 radical (unpaired) electrons. The van der Waals surface area contributed by atoms with Gasteiger partial charge in [0.25, 0.3) is 10.0 Å². The fourth-order valence-electron chi connectivity index (χ4n) is 1.65. The minimum Gasteiger partial charge on any atom is -0.392 e. The molecule has 1 aromatic carbocycles. The average molecular weight is 436 g/mol. The van der Waals surface area contributed by atoms with Gasteiger partial charge >= 0.3 is 0 Å². The van der Waals surface area contributed by atoms with Gasteiger partial charge in [0.2, 0.25) is 0 Å². The van der Waals surface area contributed by atoms with Crippen molar-refractivity contribution in [3.8, 4) is 0 Å². The maximum Gasteiger partial charge on any atom is 0.279 e. The molecule has 0 bridgehead atoms. The lowest BCUT2D eigenvalue weighted by molar-refractivity contribution is 0.281. The summed E-state index contributed by atoms with van der Waals surface area (Å²) in [5.74, 6) is 0. The van der Waals surface area contributed by atoms with E-state index in [1.807, 2.05) is 19.1 Å². The van der Waals surface area contributed by atoms with Crippen LogP contribution >= 0.6 is 31.9 Å². The van der Waals surface area contributed by atoms with Crippen LogP contribution in [0.5, 0.6) is 0 Å². The second-order valence-corrected chi connectivity index (χ2v) is 7.71. The molecule has 21 heavy (non-hydrogen) atoms. The summed E-state index contributed by atoms with van der Waals surface area (Å²) in [4.78, 5) is 3.85. The number of hydrogen-bond donors (Lipinski definition) is 2. The van der Waals surface area contributed by atoms with E-state index in [0.29, 0.717) is 20.2 Å². The number of pyridine rings is 1. The van der Waals surface area contributed by atoms with Crippen LogP contribution in [0.15, 0.2) is 44.4 Å². The molecule has 0 aliphatic heterocycles. The number of aliphatic hydroxyl groups is 1. The van der Waals surface area contributed by atoms with Gasteiger partial charge in [0.05, 0.1) is 12.3 Å². The van der Waals surface area contributed by atoms with Crippen molar-refractivity contribution in [3.63, 3.8) is 0 Å². The predicted octanol–water partition coefficient (Wildman–Crippen LogP) is 3.21. The largest absolute Gasteiger partial charge is 0.392 e. The molecule has 5 nitrogen and oxygen atoms in total. The van der Waals surface area contributed by atoms with Crippen molar-refractivity contribution in [1.82, 2.24) is 4.98 Å². The number of aliphatic hydroxyl groups excluding tert-OH is 1. The van der Waals surface area contributed by atoms with Gasteiger partial charge in [-0.2, -0.15) is 8.42 Å². The van der Waals surface area contributed by atoms with Gasteiger partial charge in [0.1, 0.15) is 0 Å². The van der Waals surface area contributed by atoms with Crippen LogP contribution in [0.2, 0.25) is 0 Å². The summed E-state index contributed by atoms with van der Waals surface area (Å²) in [5, 5.41) is 8.84. The van der Waals surface area contributed by atoms with Gasteiger partial charge < -0.3 is 5.11 Å². The molecule has 0 atom stereocenters. The van der Waals surface area contributed by atoms with Crippen LogP contribution in [0, 0.1) is 6.92 Å². The number of halogens is 2. The van der Waals surface area contributed by atoms with Crippen molar-refractivity contribution in [1.29, 1.82) is 0 Å². The third kappa shape index (κ3) is 3.82. The third-order valence-electron chi connectivity index (χ3n) is 2.68. The van der Waals surface area contributed by atoms with Crippen LogP contribution in [0.1, 0.15) is 11.1 Å². The fourth-order valence-corrected chi connectivity index (χ4v) is 4.56. The van der Waals surface area contributed by atoms with Gasteiger partial charge in [-0.05, 0) is 68.1 Å². The molecule has 0 saturated carbocycles. The number of nitrogens with zero attached hydrogens (tertiary/aromatic N) is 1. The molecule has 0 spiro atoms.